The van der Waals surface area contributed by atoms with Gasteiger partial charge in [-0.05, 0) is 42.7 Å². The Kier molecular flexibility index (Phi) is 5.90. The summed E-state index contributed by atoms with van der Waals surface area (Å²) in [6.45, 7) is 0. The second-order valence-electron chi connectivity index (χ2n) is 7.44. The molecule has 2 heterocycles. The van der Waals surface area contributed by atoms with Crippen LogP contribution in [0.25, 0.3) is 0 Å². The highest BCUT2D eigenvalue weighted by Crippen LogP contribution is 2.39. The van der Waals surface area contributed by atoms with Crippen molar-refractivity contribution in [3.05, 3.63) is 64.8 Å². The molecule has 1 aliphatic carbocycles. The lowest BCUT2D eigenvalue weighted by Crippen LogP contribution is -2.34. The van der Waals surface area contributed by atoms with Gasteiger partial charge in [-0.25, -0.2) is 4.98 Å². The first-order valence-corrected chi connectivity index (χ1v) is 10.6. The van der Waals surface area contributed by atoms with Crippen LogP contribution in [0.2, 0.25) is 0 Å². The van der Waals surface area contributed by atoms with Crippen LogP contribution in [0.15, 0.2) is 48.1 Å². The first kappa shape index (κ1) is 21.2. The molecule has 1 amide bonds. The lowest BCUT2D eigenvalue weighted by atomic mass is 9.92. The van der Waals surface area contributed by atoms with Crippen LogP contribution in [-0.2, 0) is 6.18 Å². The lowest BCUT2D eigenvalue weighted by molar-refractivity contribution is -0.137. The van der Waals surface area contributed by atoms with E-state index in [9.17, 15) is 18.0 Å². The van der Waals surface area contributed by atoms with Crippen LogP contribution in [0, 0.1) is 0 Å². The van der Waals surface area contributed by atoms with Gasteiger partial charge in [0.05, 0.1) is 11.1 Å². The number of nitrogens with one attached hydrogen (secondary N) is 1. The summed E-state index contributed by atoms with van der Waals surface area (Å²) in [5.74, 6) is 0.507. The molecule has 0 saturated heterocycles. The van der Waals surface area contributed by atoms with Crippen molar-refractivity contribution in [2.75, 3.05) is 17.3 Å². The summed E-state index contributed by atoms with van der Waals surface area (Å²) in [6, 6.07) is 9.03. The molecule has 1 saturated carbocycles. The SMILES string of the molecule is CN(c1ccc(C(=O)Nc2nncs2)cn1)C1CCCC1c1ccc(C(F)(F)F)cc1. The van der Waals surface area contributed by atoms with E-state index in [1.807, 2.05) is 11.9 Å². The highest BCUT2D eigenvalue weighted by atomic mass is 32.1. The summed E-state index contributed by atoms with van der Waals surface area (Å²) in [7, 11) is 1.93. The van der Waals surface area contributed by atoms with Gasteiger partial charge in [-0.1, -0.05) is 29.9 Å². The molecular weight excluding hydrogens is 427 g/mol. The van der Waals surface area contributed by atoms with Gasteiger partial charge in [0.2, 0.25) is 5.13 Å². The average Bonchev–Trinajstić information content (AvgIpc) is 3.45. The zero-order valence-electron chi connectivity index (χ0n) is 16.6. The summed E-state index contributed by atoms with van der Waals surface area (Å²) in [5.41, 5.74) is 2.19. The highest BCUT2D eigenvalue weighted by Gasteiger charge is 2.34. The maximum Gasteiger partial charge on any atom is 0.416 e. The molecule has 2 atom stereocenters. The van der Waals surface area contributed by atoms with Crippen molar-refractivity contribution in [1.29, 1.82) is 0 Å². The Labute approximate surface area is 181 Å². The summed E-state index contributed by atoms with van der Waals surface area (Å²) in [5, 5.41) is 10.5. The van der Waals surface area contributed by atoms with Crippen LogP contribution in [0.3, 0.4) is 0 Å². The molecule has 0 radical (unpaired) electrons. The van der Waals surface area contributed by atoms with Gasteiger partial charge in [0.25, 0.3) is 5.91 Å². The molecule has 0 spiro atoms. The second kappa shape index (κ2) is 8.62. The fraction of sp³-hybridized carbons (Fsp3) is 0.333. The third-order valence-corrected chi connectivity index (χ3v) is 6.20. The van der Waals surface area contributed by atoms with E-state index in [0.29, 0.717) is 16.5 Å². The van der Waals surface area contributed by atoms with Crippen molar-refractivity contribution in [3.63, 3.8) is 0 Å². The van der Waals surface area contributed by atoms with Crippen molar-refractivity contribution >= 4 is 28.2 Å². The average molecular weight is 447 g/mol. The molecule has 0 aliphatic heterocycles. The van der Waals surface area contributed by atoms with Crippen molar-refractivity contribution < 1.29 is 18.0 Å². The number of likely N-dealkylation sites (N-methyl/N-ethyl adjacent to an activating group) is 1. The third kappa shape index (κ3) is 4.68. The first-order valence-electron chi connectivity index (χ1n) is 9.76. The number of pyridine rings is 1. The summed E-state index contributed by atoms with van der Waals surface area (Å²) < 4.78 is 38.6. The van der Waals surface area contributed by atoms with Crippen LogP contribution in [0.4, 0.5) is 24.1 Å². The molecule has 162 valence electrons. The smallest absolute Gasteiger partial charge is 0.356 e. The van der Waals surface area contributed by atoms with E-state index < -0.39 is 11.7 Å². The molecule has 3 aromatic rings. The Morgan fingerprint density at radius 2 is 1.94 bits per heavy atom. The minimum absolute atomic E-state index is 0.116. The zero-order chi connectivity index (χ0) is 22.0. The molecule has 1 fully saturated rings. The second-order valence-corrected chi connectivity index (χ2v) is 8.27. The largest absolute Gasteiger partial charge is 0.416 e. The number of aromatic nitrogens is 3. The predicted molar refractivity (Wildman–Crippen MR) is 112 cm³/mol. The molecule has 1 aromatic carbocycles. The number of alkyl halides is 3. The molecule has 31 heavy (non-hydrogen) atoms. The molecule has 1 aliphatic rings. The van der Waals surface area contributed by atoms with Gasteiger partial charge in [0.15, 0.2) is 0 Å². The Morgan fingerprint density at radius 1 is 1.16 bits per heavy atom. The van der Waals surface area contributed by atoms with Gasteiger partial charge in [-0.2, -0.15) is 13.2 Å². The molecule has 1 N–H and O–H groups in total. The molecule has 6 nitrogen and oxygen atoms in total. The number of hydrogen-bond acceptors (Lipinski definition) is 6. The van der Waals surface area contributed by atoms with Crippen molar-refractivity contribution in [2.45, 2.75) is 37.4 Å². The number of rotatable bonds is 5. The molecule has 10 heteroatoms. The Balaban J connectivity index is 1.46. The van der Waals surface area contributed by atoms with Crippen LogP contribution < -0.4 is 10.2 Å². The topological polar surface area (TPSA) is 71.0 Å². The molecule has 4 rings (SSSR count). The minimum atomic E-state index is -4.33. The number of amides is 1. The van der Waals surface area contributed by atoms with Gasteiger partial charge in [0, 0.05) is 25.2 Å². The van der Waals surface area contributed by atoms with Gasteiger partial charge in [-0.3, -0.25) is 10.1 Å². The van der Waals surface area contributed by atoms with Crippen LogP contribution in [-0.4, -0.2) is 34.2 Å². The van der Waals surface area contributed by atoms with Gasteiger partial charge < -0.3 is 4.90 Å². The number of nitrogens with zero attached hydrogens (tertiary/aromatic N) is 4. The van der Waals surface area contributed by atoms with Crippen molar-refractivity contribution in [1.82, 2.24) is 15.2 Å². The quantitative estimate of drug-likeness (QED) is 0.598. The van der Waals surface area contributed by atoms with Crippen molar-refractivity contribution in [3.8, 4) is 0 Å². The minimum Gasteiger partial charge on any atom is -0.356 e. The zero-order valence-corrected chi connectivity index (χ0v) is 17.5. The van der Waals surface area contributed by atoms with Crippen LogP contribution in [0.1, 0.15) is 46.7 Å². The van der Waals surface area contributed by atoms with Crippen molar-refractivity contribution in [2.24, 2.45) is 0 Å². The number of hydrogen-bond donors (Lipinski definition) is 1. The normalized spacial score (nSPS) is 18.7. The van der Waals surface area contributed by atoms with E-state index in [4.69, 9.17) is 0 Å². The molecule has 2 unspecified atom stereocenters. The number of carbonyl (C=O) groups is 1. The Hall–Kier alpha value is -3.01. The van der Waals surface area contributed by atoms with Crippen LogP contribution in [0.5, 0.6) is 0 Å². The van der Waals surface area contributed by atoms with Gasteiger partial charge >= 0.3 is 6.18 Å². The van der Waals surface area contributed by atoms with Gasteiger partial charge in [-0.15, -0.1) is 10.2 Å². The van der Waals surface area contributed by atoms with E-state index in [-0.39, 0.29) is 17.9 Å². The monoisotopic (exact) mass is 447 g/mol. The molecule has 2 aromatic heterocycles. The lowest BCUT2D eigenvalue weighted by Gasteiger charge is -2.31. The Morgan fingerprint density at radius 3 is 2.55 bits per heavy atom. The van der Waals surface area contributed by atoms with E-state index in [1.54, 1.807) is 24.3 Å². The van der Waals surface area contributed by atoms with E-state index in [1.165, 1.54) is 23.0 Å². The predicted octanol–water partition coefficient (Wildman–Crippen LogP) is 4.98. The molecular formula is C21H20F3N5OS. The summed E-state index contributed by atoms with van der Waals surface area (Å²) in [4.78, 5) is 18.8. The summed E-state index contributed by atoms with van der Waals surface area (Å²) in [6.07, 6.45) is -0.0163. The summed E-state index contributed by atoms with van der Waals surface area (Å²) >= 11 is 1.23. The number of halogens is 3. The first-order chi connectivity index (χ1) is 14.8. The fourth-order valence-corrected chi connectivity index (χ4v) is 4.45. The third-order valence-electron chi connectivity index (χ3n) is 5.60. The standard InChI is InChI=1S/C21H20F3N5OS/c1-29(18-10-7-14(11-25-18)19(30)27-20-28-26-12-31-20)17-4-2-3-16(17)13-5-8-15(9-6-13)21(22,23)24/h5-12,16-17H,2-4H2,1H3,(H,27,28,30). The maximum atomic E-state index is 12.9. The number of carbonyl (C=O) groups excluding carboxylic acids is 1. The maximum absolute atomic E-state index is 12.9. The van der Waals surface area contributed by atoms with Crippen LogP contribution >= 0.6 is 11.3 Å². The fourth-order valence-electron chi connectivity index (χ4n) is 4.01. The Bertz CT molecular complexity index is 1020. The van der Waals surface area contributed by atoms with E-state index in [0.717, 1.165) is 37.0 Å². The highest BCUT2D eigenvalue weighted by molar-refractivity contribution is 7.13. The van der Waals surface area contributed by atoms with E-state index >= 15 is 0 Å². The van der Waals surface area contributed by atoms with E-state index in [2.05, 4.69) is 20.5 Å². The van der Waals surface area contributed by atoms with Gasteiger partial charge in [0.1, 0.15) is 11.3 Å². The number of anilines is 2. The molecule has 0 bridgehead atoms. The number of benzene rings is 1.